The molecule has 2 N–H and O–H groups in total. The van der Waals surface area contributed by atoms with Gasteiger partial charge in [-0.15, -0.1) is 0 Å². The summed E-state index contributed by atoms with van der Waals surface area (Å²) in [4.78, 5) is 9.43. The van der Waals surface area contributed by atoms with Crippen LogP contribution in [0.1, 0.15) is 39.5 Å². The van der Waals surface area contributed by atoms with E-state index in [1.807, 2.05) is 13.1 Å². The van der Waals surface area contributed by atoms with Crippen molar-refractivity contribution >= 4 is 11.6 Å². The lowest BCUT2D eigenvalue weighted by Gasteiger charge is -2.35. The number of benzene rings is 1. The molecule has 7 heteroatoms. The molecule has 1 saturated heterocycles. The fourth-order valence-corrected chi connectivity index (χ4v) is 4.22. The summed E-state index contributed by atoms with van der Waals surface area (Å²) in [6, 6.07) is 7.91. The first-order chi connectivity index (χ1) is 14.5. The van der Waals surface area contributed by atoms with E-state index >= 15 is 0 Å². The van der Waals surface area contributed by atoms with Crippen LogP contribution in [-0.4, -0.2) is 76.4 Å². The number of methoxy groups -OCH3 is 2. The number of aliphatic imine (C=N–C) groups is 1. The van der Waals surface area contributed by atoms with Gasteiger partial charge in [0.15, 0.2) is 5.96 Å². The normalized spacial score (nSPS) is 18.1. The molecule has 168 valence electrons. The fraction of sp³-hybridized carbons (Fsp3) is 0.696. The zero-order valence-corrected chi connectivity index (χ0v) is 19.3. The minimum Gasteiger partial charge on any atom is -0.497 e. The Hall–Kier alpha value is -2.15. The molecular formula is C23H39N5O2. The van der Waals surface area contributed by atoms with Crippen LogP contribution in [0.25, 0.3) is 0 Å². The highest BCUT2D eigenvalue weighted by molar-refractivity contribution is 5.80. The molecule has 1 heterocycles. The molecule has 1 aromatic rings. The maximum Gasteiger partial charge on any atom is 0.191 e. The van der Waals surface area contributed by atoms with Crippen LogP contribution in [0, 0.1) is 0 Å². The number of ether oxygens (including phenoxy) is 2. The number of hydrogen-bond donors (Lipinski definition) is 2. The fourth-order valence-electron chi connectivity index (χ4n) is 4.22. The third-order valence-corrected chi connectivity index (χ3v) is 6.10. The third-order valence-electron chi connectivity index (χ3n) is 6.10. The smallest absolute Gasteiger partial charge is 0.191 e. The lowest BCUT2D eigenvalue weighted by Crippen LogP contribution is -2.50. The molecule has 0 spiro atoms. The maximum absolute atomic E-state index is 5.42. The monoisotopic (exact) mass is 417 g/mol. The van der Waals surface area contributed by atoms with Crippen molar-refractivity contribution in [2.45, 2.75) is 57.7 Å². The first-order valence-electron chi connectivity index (χ1n) is 11.2. The van der Waals surface area contributed by atoms with Gasteiger partial charge in [0.2, 0.25) is 0 Å². The van der Waals surface area contributed by atoms with Crippen molar-refractivity contribution in [2.75, 3.05) is 52.3 Å². The van der Waals surface area contributed by atoms with Gasteiger partial charge in [0.05, 0.1) is 14.2 Å². The average Bonchev–Trinajstić information content (AvgIpc) is 3.60. The van der Waals surface area contributed by atoms with Crippen molar-refractivity contribution in [1.82, 2.24) is 15.5 Å². The van der Waals surface area contributed by atoms with Crippen LogP contribution >= 0.6 is 0 Å². The topological polar surface area (TPSA) is 61.4 Å². The highest BCUT2D eigenvalue weighted by atomic mass is 16.5. The quantitative estimate of drug-likeness (QED) is 0.476. The Morgan fingerprint density at radius 1 is 1.10 bits per heavy atom. The number of nitrogens with one attached hydrogen (secondary N) is 2. The Morgan fingerprint density at radius 2 is 1.73 bits per heavy atom. The van der Waals surface area contributed by atoms with E-state index in [1.165, 1.54) is 12.8 Å². The highest BCUT2D eigenvalue weighted by Crippen LogP contribution is 2.30. The molecule has 1 aliphatic heterocycles. The second-order valence-corrected chi connectivity index (χ2v) is 8.54. The summed E-state index contributed by atoms with van der Waals surface area (Å²) in [6.45, 7) is 8.56. The maximum atomic E-state index is 5.42. The van der Waals surface area contributed by atoms with E-state index in [-0.39, 0.29) is 0 Å². The SMILES string of the molecule is CN=C(NCCN(C(C)C)C1CC1)NC1CCN(c2cc(OC)cc(OC)c2)CC1. The van der Waals surface area contributed by atoms with Gasteiger partial charge in [-0.1, -0.05) is 0 Å². The Morgan fingerprint density at radius 3 is 2.23 bits per heavy atom. The van der Waals surface area contributed by atoms with E-state index in [0.29, 0.717) is 12.1 Å². The Labute approximate surface area is 181 Å². The Kier molecular flexibility index (Phi) is 8.08. The molecule has 1 saturated carbocycles. The van der Waals surface area contributed by atoms with Crippen molar-refractivity contribution in [3.8, 4) is 11.5 Å². The minimum atomic E-state index is 0.435. The predicted octanol–water partition coefficient (Wildman–Crippen LogP) is 2.71. The van der Waals surface area contributed by atoms with E-state index in [1.54, 1.807) is 14.2 Å². The standard InChI is InChI=1S/C23H39N5O2/c1-17(2)28(19-6-7-19)13-10-25-23(24-3)26-18-8-11-27(12-9-18)20-14-21(29-4)16-22(15-20)30-5/h14-19H,6-13H2,1-5H3,(H2,24,25,26). The minimum absolute atomic E-state index is 0.435. The summed E-state index contributed by atoms with van der Waals surface area (Å²) in [5.41, 5.74) is 1.15. The number of nitrogens with zero attached hydrogens (tertiary/aromatic N) is 3. The number of guanidine groups is 1. The summed E-state index contributed by atoms with van der Waals surface area (Å²) < 4.78 is 10.8. The van der Waals surface area contributed by atoms with Crippen LogP contribution in [0.3, 0.4) is 0 Å². The lowest BCUT2D eigenvalue weighted by atomic mass is 10.0. The van der Waals surface area contributed by atoms with Crippen molar-refractivity contribution in [2.24, 2.45) is 4.99 Å². The molecule has 0 radical (unpaired) electrons. The molecule has 2 aliphatic rings. The lowest BCUT2D eigenvalue weighted by molar-refractivity contribution is 0.215. The summed E-state index contributed by atoms with van der Waals surface area (Å²) in [6.07, 6.45) is 4.84. The molecular weight excluding hydrogens is 378 g/mol. The largest absolute Gasteiger partial charge is 0.497 e. The van der Waals surface area contributed by atoms with Gasteiger partial charge >= 0.3 is 0 Å². The molecule has 2 fully saturated rings. The zero-order chi connectivity index (χ0) is 21.5. The molecule has 30 heavy (non-hydrogen) atoms. The Bertz CT molecular complexity index is 673. The van der Waals surface area contributed by atoms with Crippen LogP contribution in [0.2, 0.25) is 0 Å². The van der Waals surface area contributed by atoms with Gasteiger partial charge in [-0.05, 0) is 39.5 Å². The molecule has 7 nitrogen and oxygen atoms in total. The summed E-state index contributed by atoms with van der Waals surface area (Å²) in [5, 5.41) is 7.12. The van der Waals surface area contributed by atoms with Crippen molar-refractivity contribution < 1.29 is 9.47 Å². The number of rotatable bonds is 9. The number of anilines is 1. The first kappa shape index (κ1) is 22.5. The second kappa shape index (κ2) is 10.8. The van der Waals surface area contributed by atoms with Crippen LogP contribution in [-0.2, 0) is 0 Å². The van der Waals surface area contributed by atoms with Gasteiger partial charge in [-0.3, -0.25) is 9.89 Å². The van der Waals surface area contributed by atoms with E-state index in [9.17, 15) is 0 Å². The van der Waals surface area contributed by atoms with E-state index < -0.39 is 0 Å². The Balaban J connectivity index is 1.45. The molecule has 3 rings (SSSR count). The number of piperidine rings is 1. The molecule has 0 atom stereocenters. The highest BCUT2D eigenvalue weighted by Gasteiger charge is 2.30. The van der Waals surface area contributed by atoms with Gasteiger partial charge in [0, 0.05) is 75.2 Å². The average molecular weight is 418 g/mol. The molecule has 1 aliphatic carbocycles. The van der Waals surface area contributed by atoms with Crippen LogP contribution in [0.5, 0.6) is 11.5 Å². The van der Waals surface area contributed by atoms with E-state index in [4.69, 9.17) is 9.47 Å². The third kappa shape index (κ3) is 6.17. The van der Waals surface area contributed by atoms with Gasteiger partial charge in [-0.2, -0.15) is 0 Å². The van der Waals surface area contributed by atoms with Crippen molar-refractivity contribution in [3.05, 3.63) is 18.2 Å². The molecule has 0 aromatic heterocycles. The second-order valence-electron chi connectivity index (χ2n) is 8.54. The van der Waals surface area contributed by atoms with E-state index in [2.05, 4.69) is 51.4 Å². The molecule has 0 bridgehead atoms. The zero-order valence-electron chi connectivity index (χ0n) is 19.3. The van der Waals surface area contributed by atoms with E-state index in [0.717, 1.165) is 68.2 Å². The van der Waals surface area contributed by atoms with Crippen LogP contribution in [0.15, 0.2) is 23.2 Å². The molecule has 1 aromatic carbocycles. The molecule has 0 amide bonds. The van der Waals surface area contributed by atoms with Crippen LogP contribution in [0.4, 0.5) is 5.69 Å². The van der Waals surface area contributed by atoms with Crippen molar-refractivity contribution in [3.63, 3.8) is 0 Å². The van der Waals surface area contributed by atoms with Crippen LogP contribution < -0.4 is 25.0 Å². The predicted molar refractivity (Wildman–Crippen MR) is 124 cm³/mol. The summed E-state index contributed by atoms with van der Waals surface area (Å²) >= 11 is 0. The number of hydrogen-bond acceptors (Lipinski definition) is 5. The van der Waals surface area contributed by atoms with Gasteiger partial charge < -0.3 is 25.0 Å². The van der Waals surface area contributed by atoms with Gasteiger partial charge in [0.25, 0.3) is 0 Å². The van der Waals surface area contributed by atoms with Crippen molar-refractivity contribution in [1.29, 1.82) is 0 Å². The summed E-state index contributed by atoms with van der Waals surface area (Å²) in [5.74, 6) is 2.57. The molecule has 0 unspecified atom stereocenters. The summed E-state index contributed by atoms with van der Waals surface area (Å²) in [7, 11) is 5.24. The first-order valence-corrected chi connectivity index (χ1v) is 11.2. The van der Waals surface area contributed by atoms with Gasteiger partial charge in [0.1, 0.15) is 11.5 Å². The van der Waals surface area contributed by atoms with Gasteiger partial charge in [-0.25, -0.2) is 0 Å².